The van der Waals surface area contributed by atoms with Gasteiger partial charge in [0.15, 0.2) is 0 Å². The van der Waals surface area contributed by atoms with Gasteiger partial charge < -0.3 is 14.7 Å². The van der Waals surface area contributed by atoms with Crippen LogP contribution in [0.25, 0.3) is 0 Å². The number of thioether (sulfide) groups is 1. The fourth-order valence-electron chi connectivity index (χ4n) is 2.22. The highest BCUT2D eigenvalue weighted by atomic mass is 32.2. The number of carbonyl (C=O) groups excluding carboxylic acids is 1. The Balaban J connectivity index is 2.07. The number of hydrogen-bond acceptors (Lipinski definition) is 4. The van der Waals surface area contributed by atoms with Crippen LogP contribution in [0.3, 0.4) is 0 Å². The van der Waals surface area contributed by atoms with Gasteiger partial charge in [0.2, 0.25) is 0 Å². The molecule has 0 aromatic rings. The van der Waals surface area contributed by atoms with Gasteiger partial charge in [-0.2, -0.15) is 0 Å². The van der Waals surface area contributed by atoms with Gasteiger partial charge in [0.05, 0.1) is 12.0 Å². The lowest BCUT2D eigenvalue weighted by atomic mass is 10.3. The Hall–Kier alpha value is -0.950. The lowest BCUT2D eigenvalue weighted by Gasteiger charge is -2.31. The van der Waals surface area contributed by atoms with Crippen molar-refractivity contribution in [1.82, 2.24) is 9.80 Å². The van der Waals surface area contributed by atoms with Crippen LogP contribution >= 0.6 is 11.8 Å². The third-order valence-electron chi connectivity index (χ3n) is 3.22. The average Bonchev–Trinajstić information content (AvgIpc) is 2.56. The van der Waals surface area contributed by atoms with E-state index in [1.165, 1.54) is 16.7 Å². The first-order chi connectivity index (χ1) is 8.61. The second-order valence-electron chi connectivity index (χ2n) is 4.43. The maximum absolute atomic E-state index is 12.4. The van der Waals surface area contributed by atoms with Crippen LogP contribution in [0.1, 0.15) is 13.3 Å². The molecule has 2 saturated heterocycles. The quantitative estimate of drug-likeness (QED) is 0.761. The second-order valence-corrected chi connectivity index (χ2v) is 5.78. The molecule has 2 unspecified atom stereocenters. The molecular formula is C11H18N2O4S. The number of rotatable bonds is 1. The van der Waals surface area contributed by atoms with Gasteiger partial charge in [-0.15, -0.1) is 11.8 Å². The first-order valence-corrected chi connectivity index (χ1v) is 7.15. The minimum atomic E-state index is -0.925. The Morgan fingerprint density at radius 3 is 2.83 bits per heavy atom. The van der Waals surface area contributed by atoms with Crippen LogP contribution in [-0.4, -0.2) is 70.4 Å². The molecule has 6 nitrogen and oxygen atoms in total. The van der Waals surface area contributed by atoms with Gasteiger partial charge in [0.25, 0.3) is 0 Å². The van der Waals surface area contributed by atoms with E-state index in [4.69, 9.17) is 9.84 Å². The number of amides is 2. The molecule has 0 aromatic heterocycles. The van der Waals surface area contributed by atoms with Crippen molar-refractivity contribution in [1.29, 1.82) is 0 Å². The Kier molecular flexibility index (Phi) is 4.34. The molecule has 1 N–H and O–H groups in total. The molecule has 2 fully saturated rings. The van der Waals surface area contributed by atoms with Crippen LogP contribution in [0, 0.1) is 0 Å². The smallest absolute Gasteiger partial charge is 0.327 e. The molecule has 2 aliphatic rings. The number of urea groups is 1. The van der Waals surface area contributed by atoms with E-state index in [2.05, 4.69) is 0 Å². The Morgan fingerprint density at radius 2 is 2.11 bits per heavy atom. The first kappa shape index (κ1) is 13.5. The van der Waals surface area contributed by atoms with Gasteiger partial charge in [-0.05, 0) is 13.3 Å². The lowest BCUT2D eigenvalue weighted by molar-refractivity contribution is -0.141. The highest BCUT2D eigenvalue weighted by Gasteiger charge is 2.41. The Morgan fingerprint density at radius 1 is 1.33 bits per heavy atom. The topological polar surface area (TPSA) is 70.1 Å². The van der Waals surface area contributed by atoms with Crippen molar-refractivity contribution in [2.24, 2.45) is 0 Å². The van der Waals surface area contributed by atoms with E-state index >= 15 is 0 Å². The van der Waals surface area contributed by atoms with Crippen LogP contribution < -0.4 is 0 Å². The van der Waals surface area contributed by atoms with E-state index in [9.17, 15) is 9.59 Å². The molecule has 2 aliphatic heterocycles. The summed E-state index contributed by atoms with van der Waals surface area (Å²) in [5.41, 5.74) is 0. The normalized spacial score (nSPS) is 29.2. The molecular weight excluding hydrogens is 256 g/mol. The standard InChI is InChI=1S/C11H18N2O4S/c1-8-13(9(7-18-8)10(14)15)11(16)12-3-2-5-17-6-4-12/h8-9H,2-7H2,1H3,(H,14,15). The van der Waals surface area contributed by atoms with E-state index in [1.54, 1.807) is 4.90 Å². The number of nitrogens with zero attached hydrogens (tertiary/aromatic N) is 2. The zero-order chi connectivity index (χ0) is 13.1. The van der Waals surface area contributed by atoms with E-state index < -0.39 is 12.0 Å². The van der Waals surface area contributed by atoms with Crippen LogP contribution in [0.5, 0.6) is 0 Å². The van der Waals surface area contributed by atoms with Gasteiger partial charge in [-0.25, -0.2) is 9.59 Å². The molecule has 0 saturated carbocycles. The van der Waals surface area contributed by atoms with Gasteiger partial charge >= 0.3 is 12.0 Å². The maximum Gasteiger partial charge on any atom is 0.327 e. The Bertz CT molecular complexity index is 331. The van der Waals surface area contributed by atoms with Crippen molar-refractivity contribution in [3.63, 3.8) is 0 Å². The number of ether oxygens (including phenoxy) is 1. The van der Waals surface area contributed by atoms with E-state index in [1.807, 2.05) is 6.92 Å². The summed E-state index contributed by atoms with van der Waals surface area (Å²) >= 11 is 1.51. The minimum Gasteiger partial charge on any atom is -0.480 e. The van der Waals surface area contributed by atoms with Gasteiger partial charge in [0.1, 0.15) is 6.04 Å². The molecule has 102 valence electrons. The van der Waals surface area contributed by atoms with E-state index in [0.717, 1.165) is 6.42 Å². The summed E-state index contributed by atoms with van der Waals surface area (Å²) < 4.78 is 5.30. The fraction of sp³-hybridized carbons (Fsp3) is 0.818. The zero-order valence-corrected chi connectivity index (χ0v) is 11.2. The van der Waals surface area contributed by atoms with Gasteiger partial charge in [-0.3, -0.25) is 4.90 Å². The average molecular weight is 274 g/mol. The third kappa shape index (κ3) is 2.72. The second kappa shape index (κ2) is 5.79. The molecule has 2 atom stereocenters. The molecule has 2 amide bonds. The maximum atomic E-state index is 12.4. The molecule has 0 bridgehead atoms. The molecule has 7 heteroatoms. The highest BCUT2D eigenvalue weighted by molar-refractivity contribution is 8.00. The summed E-state index contributed by atoms with van der Waals surface area (Å²) in [5.74, 6) is -0.460. The summed E-state index contributed by atoms with van der Waals surface area (Å²) in [5, 5.41) is 9.07. The first-order valence-electron chi connectivity index (χ1n) is 6.10. The third-order valence-corrected chi connectivity index (χ3v) is 4.44. The lowest BCUT2D eigenvalue weighted by Crippen LogP contribution is -2.51. The summed E-state index contributed by atoms with van der Waals surface area (Å²) in [6.07, 6.45) is 0.804. The molecule has 2 rings (SSSR count). The number of carboxylic acids is 1. The predicted molar refractivity (Wildman–Crippen MR) is 67.6 cm³/mol. The molecule has 0 spiro atoms. The number of carbonyl (C=O) groups is 2. The molecule has 18 heavy (non-hydrogen) atoms. The van der Waals surface area contributed by atoms with Crippen molar-refractivity contribution in [3.8, 4) is 0 Å². The largest absolute Gasteiger partial charge is 0.480 e. The van der Waals surface area contributed by atoms with E-state index in [0.29, 0.717) is 32.1 Å². The van der Waals surface area contributed by atoms with Crippen LogP contribution in [-0.2, 0) is 9.53 Å². The molecule has 0 radical (unpaired) electrons. The molecule has 0 aromatic carbocycles. The van der Waals surface area contributed by atoms with Crippen LogP contribution in [0.15, 0.2) is 0 Å². The highest BCUT2D eigenvalue weighted by Crippen LogP contribution is 2.30. The Labute approximate surface area is 110 Å². The van der Waals surface area contributed by atoms with Crippen LogP contribution in [0.2, 0.25) is 0 Å². The SMILES string of the molecule is CC1SCC(C(=O)O)N1C(=O)N1CCCOCC1. The molecule has 2 heterocycles. The number of hydrogen-bond donors (Lipinski definition) is 1. The van der Waals surface area contributed by atoms with Gasteiger partial charge in [-0.1, -0.05) is 0 Å². The number of aliphatic carboxylic acids is 1. The predicted octanol–water partition coefficient (Wildman–Crippen LogP) is 0.677. The van der Waals surface area contributed by atoms with Crippen molar-refractivity contribution in [3.05, 3.63) is 0 Å². The van der Waals surface area contributed by atoms with Crippen molar-refractivity contribution in [2.45, 2.75) is 24.8 Å². The fourth-order valence-corrected chi connectivity index (χ4v) is 3.39. The molecule has 0 aliphatic carbocycles. The van der Waals surface area contributed by atoms with Gasteiger partial charge in [0, 0.05) is 25.4 Å². The monoisotopic (exact) mass is 274 g/mol. The number of carboxylic acid groups (broad SMARTS) is 1. The summed E-state index contributed by atoms with van der Waals surface area (Å²) in [4.78, 5) is 26.7. The minimum absolute atomic E-state index is 0.0808. The summed E-state index contributed by atoms with van der Waals surface area (Å²) in [7, 11) is 0. The van der Waals surface area contributed by atoms with Crippen molar-refractivity contribution >= 4 is 23.8 Å². The summed E-state index contributed by atoms with van der Waals surface area (Å²) in [6, 6.07) is -0.882. The van der Waals surface area contributed by atoms with E-state index in [-0.39, 0.29) is 11.4 Å². The summed E-state index contributed by atoms with van der Waals surface area (Å²) in [6.45, 7) is 4.24. The van der Waals surface area contributed by atoms with Crippen LogP contribution in [0.4, 0.5) is 4.79 Å². The van der Waals surface area contributed by atoms with Crippen molar-refractivity contribution < 1.29 is 19.4 Å². The van der Waals surface area contributed by atoms with Crippen molar-refractivity contribution in [2.75, 3.05) is 32.1 Å². The zero-order valence-electron chi connectivity index (χ0n) is 10.4.